The van der Waals surface area contributed by atoms with Crippen molar-refractivity contribution in [3.05, 3.63) is 47.3 Å². The van der Waals surface area contributed by atoms with Crippen LogP contribution in [0.4, 0.5) is 0 Å². The van der Waals surface area contributed by atoms with Gasteiger partial charge in [-0.1, -0.05) is 12.1 Å². The van der Waals surface area contributed by atoms with Gasteiger partial charge in [0.05, 0.1) is 17.5 Å². The molecule has 7 nitrogen and oxygen atoms in total. The Hall–Kier alpha value is -2.19. The summed E-state index contributed by atoms with van der Waals surface area (Å²) in [5.74, 6) is -0.993. The molecule has 1 aliphatic heterocycles. The van der Waals surface area contributed by atoms with Crippen LogP contribution >= 0.6 is 0 Å². The number of piperidine rings is 1. The predicted octanol–water partition coefficient (Wildman–Crippen LogP) is 2.00. The maximum Gasteiger partial charge on any atom is 0.335 e. The Morgan fingerprint density at radius 2 is 2.12 bits per heavy atom. The topological polar surface area (TPSA) is 92.5 Å². The second-order valence-corrected chi connectivity index (χ2v) is 8.26. The molecule has 1 aromatic heterocycles. The van der Waals surface area contributed by atoms with E-state index in [0.717, 1.165) is 18.4 Å². The van der Waals surface area contributed by atoms with Crippen LogP contribution in [-0.4, -0.2) is 46.7 Å². The summed E-state index contributed by atoms with van der Waals surface area (Å²) in [6.45, 7) is 2.54. The molecule has 0 bridgehead atoms. The Morgan fingerprint density at radius 3 is 2.76 bits per heavy atom. The molecule has 3 rings (SSSR count). The SMILES string of the molecule is Cc1c(S(=O)(=O)N2CCC[C@H](c3cccc(C(=O)O)c3)C2)cnn1C. The molecule has 25 heavy (non-hydrogen) atoms. The summed E-state index contributed by atoms with van der Waals surface area (Å²) < 4.78 is 28.9. The summed E-state index contributed by atoms with van der Waals surface area (Å²) in [5, 5.41) is 13.2. The number of carboxylic acid groups (broad SMARTS) is 1. The quantitative estimate of drug-likeness (QED) is 0.897. The van der Waals surface area contributed by atoms with Gasteiger partial charge in [-0.15, -0.1) is 0 Å². The molecule has 1 saturated heterocycles. The fraction of sp³-hybridized carbons (Fsp3) is 0.412. The zero-order valence-corrected chi connectivity index (χ0v) is 15.0. The molecule has 0 saturated carbocycles. The second-order valence-electron chi connectivity index (χ2n) is 6.35. The largest absolute Gasteiger partial charge is 0.478 e. The van der Waals surface area contributed by atoms with Gasteiger partial charge in [-0.25, -0.2) is 13.2 Å². The average Bonchev–Trinajstić information content (AvgIpc) is 2.95. The van der Waals surface area contributed by atoms with Crippen molar-refractivity contribution in [1.29, 1.82) is 0 Å². The number of aromatic nitrogens is 2. The lowest BCUT2D eigenvalue weighted by Gasteiger charge is -2.32. The predicted molar refractivity (Wildman–Crippen MR) is 92.1 cm³/mol. The Kier molecular flexibility index (Phi) is 4.66. The van der Waals surface area contributed by atoms with Crippen molar-refractivity contribution in [2.45, 2.75) is 30.6 Å². The molecule has 0 spiro atoms. The highest BCUT2D eigenvalue weighted by atomic mass is 32.2. The van der Waals surface area contributed by atoms with Crippen molar-refractivity contribution in [1.82, 2.24) is 14.1 Å². The van der Waals surface area contributed by atoms with E-state index in [-0.39, 0.29) is 16.4 Å². The summed E-state index contributed by atoms with van der Waals surface area (Å²) in [6, 6.07) is 6.75. The number of aryl methyl sites for hydroxylation is 1. The molecule has 0 aliphatic carbocycles. The van der Waals surface area contributed by atoms with Crippen molar-refractivity contribution in [3.8, 4) is 0 Å². The van der Waals surface area contributed by atoms with Gasteiger partial charge in [0.15, 0.2) is 0 Å². The van der Waals surface area contributed by atoms with Crippen LogP contribution in [0.5, 0.6) is 0 Å². The molecular formula is C17H21N3O4S. The minimum Gasteiger partial charge on any atom is -0.478 e. The van der Waals surface area contributed by atoms with Crippen LogP contribution in [0, 0.1) is 6.92 Å². The molecule has 1 N–H and O–H groups in total. The highest BCUT2D eigenvalue weighted by Crippen LogP contribution is 2.31. The van der Waals surface area contributed by atoms with E-state index in [9.17, 15) is 13.2 Å². The van der Waals surface area contributed by atoms with Gasteiger partial charge in [-0.3, -0.25) is 4.68 Å². The van der Waals surface area contributed by atoms with E-state index >= 15 is 0 Å². The van der Waals surface area contributed by atoms with E-state index in [0.29, 0.717) is 18.8 Å². The highest BCUT2D eigenvalue weighted by molar-refractivity contribution is 7.89. The normalized spacial score (nSPS) is 19.0. The Balaban J connectivity index is 1.87. The zero-order chi connectivity index (χ0) is 18.2. The number of hydrogen-bond donors (Lipinski definition) is 1. The summed E-state index contributed by atoms with van der Waals surface area (Å²) >= 11 is 0. The van der Waals surface area contributed by atoms with E-state index in [1.807, 2.05) is 6.07 Å². The molecule has 1 aromatic carbocycles. The molecule has 1 atom stereocenters. The first-order chi connectivity index (χ1) is 11.8. The fourth-order valence-electron chi connectivity index (χ4n) is 3.23. The molecule has 0 unspecified atom stereocenters. The van der Waals surface area contributed by atoms with Crippen molar-refractivity contribution in [2.75, 3.05) is 13.1 Å². The molecule has 8 heteroatoms. The molecule has 0 amide bonds. The standard InChI is InChI=1S/C17H21N3O4S/c1-12-16(10-18-19(12)2)25(23,24)20-8-4-7-15(11-20)13-5-3-6-14(9-13)17(21)22/h3,5-6,9-10,15H,4,7-8,11H2,1-2H3,(H,21,22)/t15-/m0/s1. The van der Waals surface area contributed by atoms with Gasteiger partial charge in [-0.05, 0) is 43.4 Å². The van der Waals surface area contributed by atoms with Gasteiger partial charge in [0.2, 0.25) is 10.0 Å². The minimum absolute atomic E-state index is 0.0141. The van der Waals surface area contributed by atoms with Gasteiger partial charge in [0, 0.05) is 20.1 Å². The Labute approximate surface area is 146 Å². The van der Waals surface area contributed by atoms with E-state index in [1.165, 1.54) is 10.5 Å². The van der Waals surface area contributed by atoms with Gasteiger partial charge >= 0.3 is 5.97 Å². The summed E-state index contributed by atoms with van der Waals surface area (Å²) in [5.41, 5.74) is 1.69. The number of carboxylic acids is 1. The van der Waals surface area contributed by atoms with E-state index < -0.39 is 16.0 Å². The zero-order valence-electron chi connectivity index (χ0n) is 14.2. The lowest BCUT2D eigenvalue weighted by Crippen LogP contribution is -2.39. The molecule has 1 aliphatic rings. The van der Waals surface area contributed by atoms with Gasteiger partial charge in [0.1, 0.15) is 4.90 Å². The van der Waals surface area contributed by atoms with Crippen LogP contribution in [-0.2, 0) is 17.1 Å². The van der Waals surface area contributed by atoms with Crippen LogP contribution in [0.25, 0.3) is 0 Å². The van der Waals surface area contributed by atoms with Crippen molar-refractivity contribution < 1.29 is 18.3 Å². The third-order valence-electron chi connectivity index (χ3n) is 4.80. The molecule has 1 fully saturated rings. The number of sulfonamides is 1. The molecule has 134 valence electrons. The third-order valence-corrected chi connectivity index (χ3v) is 6.77. The van der Waals surface area contributed by atoms with Crippen LogP contribution in [0.2, 0.25) is 0 Å². The van der Waals surface area contributed by atoms with Crippen LogP contribution in [0.1, 0.15) is 40.4 Å². The Morgan fingerprint density at radius 1 is 1.36 bits per heavy atom. The first kappa shape index (κ1) is 17.6. The number of carbonyl (C=O) groups is 1. The number of hydrogen-bond acceptors (Lipinski definition) is 4. The molecule has 0 radical (unpaired) electrons. The first-order valence-corrected chi connectivity index (χ1v) is 9.56. The number of aromatic carboxylic acids is 1. The van der Waals surface area contributed by atoms with Crippen molar-refractivity contribution in [3.63, 3.8) is 0 Å². The lowest BCUT2D eigenvalue weighted by molar-refractivity contribution is 0.0696. The number of benzene rings is 1. The summed E-state index contributed by atoms with van der Waals surface area (Å²) in [4.78, 5) is 11.4. The van der Waals surface area contributed by atoms with Crippen molar-refractivity contribution >= 4 is 16.0 Å². The maximum atomic E-state index is 13.0. The Bertz CT molecular complexity index is 904. The maximum absolute atomic E-state index is 13.0. The first-order valence-electron chi connectivity index (χ1n) is 8.12. The van der Waals surface area contributed by atoms with Gasteiger partial charge in [-0.2, -0.15) is 9.40 Å². The second kappa shape index (κ2) is 6.61. The average molecular weight is 363 g/mol. The molecule has 2 heterocycles. The highest BCUT2D eigenvalue weighted by Gasteiger charge is 2.33. The number of rotatable bonds is 4. The number of nitrogens with zero attached hydrogens (tertiary/aromatic N) is 3. The van der Waals surface area contributed by atoms with Gasteiger partial charge in [0.25, 0.3) is 0 Å². The van der Waals surface area contributed by atoms with Crippen LogP contribution in [0.3, 0.4) is 0 Å². The molecule has 2 aromatic rings. The smallest absolute Gasteiger partial charge is 0.335 e. The fourth-order valence-corrected chi connectivity index (χ4v) is 4.94. The lowest BCUT2D eigenvalue weighted by atomic mass is 9.91. The monoisotopic (exact) mass is 363 g/mol. The summed E-state index contributed by atoms with van der Waals surface area (Å²) in [7, 11) is -1.89. The van der Waals surface area contributed by atoms with E-state index in [2.05, 4.69) is 5.10 Å². The van der Waals surface area contributed by atoms with Crippen LogP contribution in [0.15, 0.2) is 35.4 Å². The van der Waals surface area contributed by atoms with Gasteiger partial charge < -0.3 is 5.11 Å². The van der Waals surface area contributed by atoms with Crippen molar-refractivity contribution in [2.24, 2.45) is 7.05 Å². The molecular weight excluding hydrogens is 342 g/mol. The minimum atomic E-state index is -3.61. The summed E-state index contributed by atoms with van der Waals surface area (Å²) in [6.07, 6.45) is 2.96. The van der Waals surface area contributed by atoms with Crippen LogP contribution < -0.4 is 0 Å². The third kappa shape index (κ3) is 3.32. The van der Waals surface area contributed by atoms with E-state index in [4.69, 9.17) is 5.11 Å². The van der Waals surface area contributed by atoms with E-state index in [1.54, 1.807) is 36.9 Å².